The Balaban J connectivity index is 2.35. The van der Waals surface area contributed by atoms with E-state index < -0.39 is 0 Å². The summed E-state index contributed by atoms with van der Waals surface area (Å²) in [6.07, 6.45) is 4.22. The van der Waals surface area contributed by atoms with Gasteiger partial charge in [-0.25, -0.2) is 4.57 Å². The molecule has 0 radical (unpaired) electrons. The van der Waals surface area contributed by atoms with Gasteiger partial charge >= 0.3 is 0 Å². The van der Waals surface area contributed by atoms with Crippen molar-refractivity contribution < 1.29 is 4.57 Å². The second-order valence-electron chi connectivity index (χ2n) is 4.43. The monoisotopic (exact) mass is 212 g/mol. The zero-order valence-corrected chi connectivity index (χ0v) is 10.2. The van der Waals surface area contributed by atoms with Gasteiger partial charge in [-0.3, -0.25) is 0 Å². The van der Waals surface area contributed by atoms with Crippen molar-refractivity contribution in [2.24, 2.45) is 0 Å². The number of aromatic nitrogens is 1. The summed E-state index contributed by atoms with van der Waals surface area (Å²) >= 11 is 0. The molecule has 0 unspecified atom stereocenters. The molecule has 1 nitrogen and oxygen atoms in total. The van der Waals surface area contributed by atoms with Gasteiger partial charge in [-0.2, -0.15) is 0 Å². The van der Waals surface area contributed by atoms with Crippen molar-refractivity contribution in [2.45, 2.75) is 27.3 Å². The average Bonchev–Trinajstić information content (AvgIpc) is 2.25. The van der Waals surface area contributed by atoms with E-state index in [1.165, 1.54) is 22.3 Å². The van der Waals surface area contributed by atoms with Gasteiger partial charge in [-0.05, 0) is 31.9 Å². The Morgan fingerprint density at radius 1 is 0.875 bits per heavy atom. The maximum absolute atomic E-state index is 2.26. The van der Waals surface area contributed by atoms with Crippen LogP contribution in [0.5, 0.6) is 0 Å². The minimum Gasteiger partial charge on any atom is -0.201 e. The predicted octanol–water partition coefficient (Wildman–Crippen LogP) is 2.95. The molecular weight excluding hydrogens is 194 g/mol. The van der Waals surface area contributed by atoms with E-state index in [2.05, 4.69) is 62.0 Å². The third kappa shape index (κ3) is 2.30. The molecule has 0 bridgehead atoms. The van der Waals surface area contributed by atoms with E-state index >= 15 is 0 Å². The fourth-order valence-electron chi connectivity index (χ4n) is 2.18. The van der Waals surface area contributed by atoms with Crippen molar-refractivity contribution in [1.29, 1.82) is 0 Å². The van der Waals surface area contributed by atoms with E-state index in [0.717, 1.165) is 6.54 Å². The average molecular weight is 212 g/mol. The highest BCUT2D eigenvalue weighted by molar-refractivity contribution is 5.36. The van der Waals surface area contributed by atoms with Crippen molar-refractivity contribution in [1.82, 2.24) is 0 Å². The van der Waals surface area contributed by atoms with Crippen molar-refractivity contribution in [3.8, 4) is 0 Å². The zero-order valence-electron chi connectivity index (χ0n) is 10.2. The summed E-state index contributed by atoms with van der Waals surface area (Å²) in [6, 6.07) is 10.7. The predicted molar refractivity (Wildman–Crippen MR) is 66.4 cm³/mol. The largest absolute Gasteiger partial charge is 0.201 e. The first-order valence-electron chi connectivity index (χ1n) is 5.67. The molecule has 82 valence electrons. The number of rotatable bonds is 2. The van der Waals surface area contributed by atoms with Gasteiger partial charge in [0.1, 0.15) is 0 Å². The second-order valence-corrected chi connectivity index (χ2v) is 4.43. The number of hydrogen-bond acceptors (Lipinski definition) is 0. The topological polar surface area (TPSA) is 3.88 Å². The van der Waals surface area contributed by atoms with Crippen LogP contribution >= 0.6 is 0 Å². The highest BCUT2D eigenvalue weighted by Gasteiger charge is 2.08. The highest BCUT2D eigenvalue weighted by atomic mass is 14.9. The molecule has 0 aliphatic rings. The second kappa shape index (κ2) is 4.48. The third-order valence-corrected chi connectivity index (χ3v) is 2.96. The molecule has 1 heteroatoms. The molecule has 0 saturated carbocycles. The van der Waals surface area contributed by atoms with Gasteiger partial charge in [-0.1, -0.05) is 23.8 Å². The minimum atomic E-state index is 0.957. The highest BCUT2D eigenvalue weighted by Crippen LogP contribution is 2.15. The van der Waals surface area contributed by atoms with E-state index in [1.807, 2.05) is 6.07 Å². The smallest absolute Gasteiger partial charge is 0.174 e. The van der Waals surface area contributed by atoms with E-state index in [1.54, 1.807) is 0 Å². The number of nitrogens with zero attached hydrogens (tertiary/aromatic N) is 1. The molecule has 0 aliphatic heterocycles. The molecule has 0 saturated heterocycles. The van der Waals surface area contributed by atoms with Crippen molar-refractivity contribution in [3.63, 3.8) is 0 Å². The fourth-order valence-corrected chi connectivity index (χ4v) is 2.18. The zero-order chi connectivity index (χ0) is 11.5. The summed E-state index contributed by atoms with van der Waals surface area (Å²) in [5, 5.41) is 0. The quantitative estimate of drug-likeness (QED) is 0.674. The Hall–Kier alpha value is -1.63. The van der Waals surface area contributed by atoms with Crippen molar-refractivity contribution in [3.05, 3.63) is 65.0 Å². The summed E-state index contributed by atoms with van der Waals surface area (Å²) in [4.78, 5) is 0. The summed E-state index contributed by atoms with van der Waals surface area (Å²) in [7, 11) is 0. The molecule has 0 aliphatic carbocycles. The third-order valence-electron chi connectivity index (χ3n) is 2.96. The normalized spacial score (nSPS) is 10.4. The Labute approximate surface area is 97.4 Å². The first kappa shape index (κ1) is 10.9. The molecule has 0 spiro atoms. The molecule has 2 rings (SSSR count). The van der Waals surface area contributed by atoms with Crippen LogP contribution in [0, 0.1) is 20.8 Å². The van der Waals surface area contributed by atoms with Crippen LogP contribution < -0.4 is 4.57 Å². The Bertz CT molecular complexity index is 463. The first-order valence-corrected chi connectivity index (χ1v) is 5.67. The van der Waals surface area contributed by atoms with Crippen LogP contribution in [-0.4, -0.2) is 0 Å². The molecule has 16 heavy (non-hydrogen) atoms. The summed E-state index contributed by atoms with van der Waals surface area (Å²) < 4.78 is 2.21. The molecular formula is C15H18N+. The van der Waals surface area contributed by atoms with Gasteiger partial charge in [0.25, 0.3) is 0 Å². The van der Waals surface area contributed by atoms with Gasteiger partial charge in [0, 0.05) is 17.7 Å². The number of hydrogen-bond donors (Lipinski definition) is 0. The minimum absolute atomic E-state index is 0.957. The molecule has 0 N–H and O–H groups in total. The molecule has 1 aromatic carbocycles. The Kier molecular flexibility index (Phi) is 3.04. The van der Waals surface area contributed by atoms with E-state index in [4.69, 9.17) is 0 Å². The van der Waals surface area contributed by atoms with Gasteiger partial charge in [0.05, 0.1) is 0 Å². The Morgan fingerprint density at radius 3 is 2.00 bits per heavy atom. The van der Waals surface area contributed by atoms with Gasteiger partial charge in [-0.15, -0.1) is 0 Å². The molecule has 0 atom stereocenters. The van der Waals surface area contributed by atoms with Crippen LogP contribution in [-0.2, 0) is 6.54 Å². The van der Waals surface area contributed by atoms with Gasteiger partial charge in [0.15, 0.2) is 18.9 Å². The van der Waals surface area contributed by atoms with E-state index in [9.17, 15) is 0 Å². The summed E-state index contributed by atoms with van der Waals surface area (Å²) in [5.74, 6) is 0. The molecule has 0 fully saturated rings. The van der Waals surface area contributed by atoms with Crippen LogP contribution in [0.2, 0.25) is 0 Å². The lowest BCUT2D eigenvalue weighted by molar-refractivity contribution is -0.688. The van der Waals surface area contributed by atoms with Gasteiger partial charge < -0.3 is 0 Å². The standard InChI is InChI=1S/C15H18N/c1-12-9-13(2)15(14(3)10-12)11-16-7-5-4-6-8-16/h4-10H,11H2,1-3H3/q+1. The van der Waals surface area contributed by atoms with Crippen LogP contribution in [0.1, 0.15) is 22.3 Å². The number of aryl methyl sites for hydroxylation is 3. The van der Waals surface area contributed by atoms with Crippen molar-refractivity contribution >= 4 is 0 Å². The van der Waals surface area contributed by atoms with Crippen LogP contribution in [0.3, 0.4) is 0 Å². The summed E-state index contributed by atoms with van der Waals surface area (Å²) in [5.41, 5.74) is 5.54. The lowest BCUT2D eigenvalue weighted by Crippen LogP contribution is -2.33. The van der Waals surface area contributed by atoms with Crippen LogP contribution in [0.4, 0.5) is 0 Å². The molecule has 1 heterocycles. The molecule has 0 amide bonds. The lowest BCUT2D eigenvalue weighted by Gasteiger charge is -2.08. The van der Waals surface area contributed by atoms with Crippen LogP contribution in [0.25, 0.3) is 0 Å². The lowest BCUT2D eigenvalue weighted by atomic mass is 10.00. The fraction of sp³-hybridized carbons (Fsp3) is 0.267. The SMILES string of the molecule is Cc1cc(C)c(C[n+]2ccccc2)c(C)c1. The Morgan fingerprint density at radius 2 is 1.44 bits per heavy atom. The van der Waals surface area contributed by atoms with Gasteiger partial charge in [0.2, 0.25) is 0 Å². The molecule has 2 aromatic rings. The maximum atomic E-state index is 2.26. The van der Waals surface area contributed by atoms with Crippen molar-refractivity contribution in [2.75, 3.05) is 0 Å². The summed E-state index contributed by atoms with van der Waals surface area (Å²) in [6.45, 7) is 7.50. The number of benzene rings is 1. The molecule has 1 aromatic heterocycles. The first-order chi connectivity index (χ1) is 7.66. The van der Waals surface area contributed by atoms with E-state index in [0.29, 0.717) is 0 Å². The van der Waals surface area contributed by atoms with Crippen LogP contribution in [0.15, 0.2) is 42.7 Å². The maximum Gasteiger partial charge on any atom is 0.174 e. The number of pyridine rings is 1. The van der Waals surface area contributed by atoms with E-state index in [-0.39, 0.29) is 0 Å².